The van der Waals surface area contributed by atoms with Crippen LogP contribution in [-0.4, -0.2) is 62.3 Å². The van der Waals surface area contributed by atoms with Crippen LogP contribution < -0.4 is 18.9 Å². The number of carbonyl (C=O) groups is 2. The highest BCUT2D eigenvalue weighted by molar-refractivity contribution is 6.19. The van der Waals surface area contributed by atoms with E-state index in [4.69, 9.17) is 51.6 Å². The summed E-state index contributed by atoms with van der Waals surface area (Å²) >= 11 is 11.6. The van der Waals surface area contributed by atoms with Crippen LogP contribution in [0.1, 0.15) is 12.8 Å². The van der Waals surface area contributed by atoms with Gasteiger partial charge in [0.25, 0.3) is 0 Å². The summed E-state index contributed by atoms with van der Waals surface area (Å²) in [7, 11) is 0. The monoisotopic (exact) mass is 742 g/mol. The summed E-state index contributed by atoms with van der Waals surface area (Å²) in [6.07, 6.45) is -1.35. The van der Waals surface area contributed by atoms with E-state index in [0.717, 1.165) is 22.3 Å². The van der Waals surface area contributed by atoms with Crippen LogP contribution in [0.4, 0.5) is 0 Å². The van der Waals surface area contributed by atoms with Gasteiger partial charge in [-0.25, -0.2) is 0 Å². The van der Waals surface area contributed by atoms with Crippen molar-refractivity contribution in [1.82, 2.24) is 0 Å². The summed E-state index contributed by atoms with van der Waals surface area (Å²) in [6.45, 7) is 0.129. The molecule has 5 rings (SSSR count). The molecule has 52 heavy (non-hydrogen) atoms. The molecule has 0 saturated carbocycles. The van der Waals surface area contributed by atoms with Crippen molar-refractivity contribution >= 4 is 35.1 Å². The van der Waals surface area contributed by atoms with Gasteiger partial charge in [0, 0.05) is 29.0 Å². The maximum Gasteiger partial charge on any atom is 0.307 e. The second-order valence-electron chi connectivity index (χ2n) is 11.5. The first-order valence-corrected chi connectivity index (χ1v) is 18.0. The van der Waals surface area contributed by atoms with Gasteiger partial charge in [0.05, 0.1) is 12.8 Å². The molecule has 0 bridgehead atoms. The Balaban J connectivity index is 1.21. The highest BCUT2D eigenvalue weighted by Gasteiger charge is 2.20. The number of ether oxygens (including phenoxy) is 6. The van der Waals surface area contributed by atoms with Crippen LogP contribution in [0, 0.1) is 0 Å². The number of alkyl halides is 2. The Bertz CT molecular complexity index is 1710. The summed E-state index contributed by atoms with van der Waals surface area (Å²) in [5.74, 6) is 1.61. The number of rotatable bonds is 20. The Labute approximate surface area is 314 Å². The molecule has 0 aliphatic carbocycles. The molecule has 2 unspecified atom stereocenters. The second-order valence-corrected chi connectivity index (χ2v) is 12.3. The average Bonchev–Trinajstić information content (AvgIpc) is 3.18. The number of benzene rings is 5. The van der Waals surface area contributed by atoms with Gasteiger partial charge in [-0.05, 0) is 35.4 Å². The van der Waals surface area contributed by atoms with E-state index >= 15 is 0 Å². The number of hydrogen-bond acceptors (Lipinski definition) is 8. The third-order valence-electron chi connectivity index (χ3n) is 7.66. The predicted octanol–water partition coefficient (Wildman–Crippen LogP) is 9.02. The summed E-state index contributed by atoms with van der Waals surface area (Å²) in [5.41, 5.74) is 3.83. The van der Waals surface area contributed by atoms with Crippen LogP contribution in [0.25, 0.3) is 22.3 Å². The number of hydrogen-bond donors (Lipinski definition) is 0. The van der Waals surface area contributed by atoms with E-state index in [9.17, 15) is 9.59 Å². The molecule has 0 N–H and O–H groups in total. The molecule has 0 spiro atoms. The molecule has 0 aliphatic rings. The van der Waals surface area contributed by atoms with Crippen molar-refractivity contribution in [3.63, 3.8) is 0 Å². The van der Waals surface area contributed by atoms with Gasteiger partial charge in [-0.1, -0.05) is 103 Å². The van der Waals surface area contributed by atoms with Crippen molar-refractivity contribution < 1.29 is 38.0 Å². The van der Waals surface area contributed by atoms with E-state index < -0.39 is 24.1 Å². The van der Waals surface area contributed by atoms with E-state index in [2.05, 4.69) is 0 Å². The van der Waals surface area contributed by atoms with Crippen LogP contribution in [0.3, 0.4) is 0 Å². The normalized spacial score (nSPS) is 11.9. The van der Waals surface area contributed by atoms with Crippen LogP contribution in [-0.2, 0) is 19.1 Å². The van der Waals surface area contributed by atoms with Crippen LogP contribution >= 0.6 is 23.2 Å². The van der Waals surface area contributed by atoms with Crippen molar-refractivity contribution in [2.45, 2.75) is 25.0 Å². The first-order valence-electron chi connectivity index (χ1n) is 16.9. The molecule has 8 nitrogen and oxygen atoms in total. The van der Waals surface area contributed by atoms with Gasteiger partial charge in [-0.15, -0.1) is 23.2 Å². The lowest BCUT2D eigenvalue weighted by Crippen LogP contribution is -2.31. The van der Waals surface area contributed by atoms with Gasteiger partial charge in [0.1, 0.15) is 49.4 Å². The topological polar surface area (TPSA) is 89.5 Å². The first-order chi connectivity index (χ1) is 25.5. The Kier molecular flexibility index (Phi) is 15.1. The van der Waals surface area contributed by atoms with Crippen LogP contribution in [0.2, 0.25) is 0 Å². The molecule has 0 saturated heterocycles. The van der Waals surface area contributed by atoms with Crippen LogP contribution in [0.15, 0.2) is 133 Å². The molecular weight excluding hydrogens is 703 g/mol. The van der Waals surface area contributed by atoms with E-state index in [1.807, 2.05) is 109 Å². The van der Waals surface area contributed by atoms with Gasteiger partial charge >= 0.3 is 11.9 Å². The molecule has 0 amide bonds. The number of para-hydroxylation sites is 2. The lowest BCUT2D eigenvalue weighted by Gasteiger charge is -2.21. The summed E-state index contributed by atoms with van der Waals surface area (Å²) in [5, 5.41) is 0. The molecule has 5 aromatic rings. The fraction of sp³-hybridized carbons (Fsp3) is 0.238. The molecule has 10 heteroatoms. The number of halogens is 2. The average molecular weight is 744 g/mol. The van der Waals surface area contributed by atoms with Crippen molar-refractivity contribution in [3.05, 3.63) is 133 Å². The zero-order valence-corrected chi connectivity index (χ0v) is 30.0. The maximum absolute atomic E-state index is 12.4. The third-order valence-corrected chi connectivity index (χ3v) is 8.04. The highest BCUT2D eigenvalue weighted by atomic mass is 35.5. The Morgan fingerprint density at radius 3 is 1.27 bits per heavy atom. The van der Waals surface area contributed by atoms with Gasteiger partial charge in [0.15, 0.2) is 12.2 Å². The van der Waals surface area contributed by atoms with Crippen molar-refractivity contribution in [2.75, 3.05) is 38.2 Å². The summed E-state index contributed by atoms with van der Waals surface area (Å²) < 4.78 is 35.8. The van der Waals surface area contributed by atoms with Gasteiger partial charge < -0.3 is 28.4 Å². The van der Waals surface area contributed by atoms with E-state index in [1.54, 1.807) is 24.3 Å². The summed E-state index contributed by atoms with van der Waals surface area (Å²) in [6, 6.07) is 42.1. The minimum atomic E-state index is -0.731. The largest absolute Gasteiger partial charge is 0.489 e. The van der Waals surface area contributed by atoms with Gasteiger partial charge in [-0.3, -0.25) is 9.59 Å². The smallest absolute Gasteiger partial charge is 0.307 e. The molecular formula is C42H40Cl2O8. The van der Waals surface area contributed by atoms with Gasteiger partial charge in [-0.2, -0.15) is 0 Å². The first kappa shape index (κ1) is 38.1. The minimum Gasteiger partial charge on any atom is -0.489 e. The molecule has 270 valence electrons. The Hall–Kier alpha value is -5.18. The fourth-order valence-electron chi connectivity index (χ4n) is 5.17. The lowest BCUT2D eigenvalue weighted by atomic mass is 10.1. The summed E-state index contributed by atoms with van der Waals surface area (Å²) in [4.78, 5) is 24.9. The maximum atomic E-state index is 12.4. The third kappa shape index (κ3) is 12.0. The van der Waals surface area contributed by atoms with Gasteiger partial charge in [0.2, 0.25) is 0 Å². The molecule has 0 aromatic heterocycles. The molecule has 0 fully saturated rings. The van der Waals surface area contributed by atoms with Crippen molar-refractivity contribution in [1.29, 1.82) is 0 Å². The van der Waals surface area contributed by atoms with Crippen LogP contribution in [0.5, 0.6) is 23.0 Å². The zero-order valence-electron chi connectivity index (χ0n) is 28.5. The molecule has 5 aromatic carbocycles. The molecule has 0 aliphatic heterocycles. The second kappa shape index (κ2) is 20.6. The predicted molar refractivity (Wildman–Crippen MR) is 203 cm³/mol. The SMILES string of the molecule is O=C(CCCl)OC(COc1cccc(OCC(COc2ccccc2-c2ccccc2)OC(=O)CCCl)c1)COc1ccccc1-c1ccccc1. The molecule has 0 radical (unpaired) electrons. The van der Waals surface area contributed by atoms with E-state index in [0.29, 0.717) is 23.0 Å². The Morgan fingerprint density at radius 1 is 0.462 bits per heavy atom. The number of esters is 2. The zero-order chi connectivity index (χ0) is 36.4. The lowest BCUT2D eigenvalue weighted by molar-refractivity contribution is -0.152. The fourth-order valence-corrected chi connectivity index (χ4v) is 5.48. The Morgan fingerprint density at radius 2 is 0.846 bits per heavy atom. The van der Waals surface area contributed by atoms with Crippen molar-refractivity contribution in [3.8, 4) is 45.3 Å². The van der Waals surface area contributed by atoms with Crippen molar-refractivity contribution in [2.24, 2.45) is 0 Å². The van der Waals surface area contributed by atoms with E-state index in [1.165, 1.54) is 0 Å². The minimum absolute atomic E-state index is 0.0122. The molecule has 0 heterocycles. The molecule has 2 atom stereocenters. The quantitative estimate of drug-likeness (QED) is 0.0577. The van der Waals surface area contributed by atoms with E-state index in [-0.39, 0.29) is 51.0 Å². The highest BCUT2D eigenvalue weighted by Crippen LogP contribution is 2.31. The standard InChI is InChI=1S/C42H40Cl2O8/c43-24-22-41(45)51-35(29-49-39-20-9-7-18-37(39)31-12-3-1-4-13-31)27-47-33-16-11-17-34(26-33)48-28-36(52-42(46)23-25-44)30-50-40-21-10-8-19-38(40)32-14-5-2-6-15-32/h1-21,26,35-36H,22-25,27-30H2. The number of carbonyl (C=O) groups excluding carboxylic acids is 2.